The van der Waals surface area contributed by atoms with Gasteiger partial charge in [-0.2, -0.15) is 0 Å². The molecular weight excluding hydrogens is 629 g/mol. The summed E-state index contributed by atoms with van der Waals surface area (Å²) in [5, 5.41) is 0. The Bertz CT molecular complexity index is 1200. The minimum Gasteiger partial charge on any atom is -0.294 e. The van der Waals surface area contributed by atoms with E-state index in [1.165, 1.54) is 19.3 Å². The molecule has 17 atom stereocenters. The summed E-state index contributed by atoms with van der Waals surface area (Å²) in [7, 11) is 0. The molecule has 0 aromatic carbocycles. The van der Waals surface area contributed by atoms with Crippen molar-refractivity contribution in [3.8, 4) is 0 Å². The predicted molar refractivity (Wildman–Crippen MR) is 216 cm³/mol. The summed E-state index contributed by atoms with van der Waals surface area (Å²) in [6.07, 6.45) is 50.4. The van der Waals surface area contributed by atoms with Gasteiger partial charge in [0.05, 0.1) is 0 Å². The minimum atomic E-state index is 0.938. The molecule has 2 aliphatic heterocycles. The molecule has 9 aliphatic carbocycles. The van der Waals surface area contributed by atoms with Crippen LogP contribution in [-0.2, 0) is 0 Å². The van der Waals surface area contributed by atoms with Gasteiger partial charge in [-0.15, -0.1) is 0 Å². The normalized spacial score (nSPS) is 53.2. The van der Waals surface area contributed by atoms with Gasteiger partial charge in [-0.1, -0.05) is 116 Å². The van der Waals surface area contributed by atoms with Crippen LogP contribution in [0.4, 0.5) is 0 Å². The molecule has 11 aliphatic rings. The third-order valence-electron chi connectivity index (χ3n) is 20.9. The molecule has 0 spiro atoms. The first-order valence-corrected chi connectivity index (χ1v) is 25.3. The first-order valence-electron chi connectivity index (χ1n) is 25.3. The molecule has 0 aromatic rings. The van der Waals surface area contributed by atoms with Crippen molar-refractivity contribution in [3.05, 3.63) is 0 Å². The third kappa shape index (κ3) is 6.10. The van der Waals surface area contributed by atoms with Crippen molar-refractivity contribution in [3.63, 3.8) is 0 Å². The summed E-state index contributed by atoms with van der Waals surface area (Å²) in [4.78, 5) is 6.93. The lowest BCUT2D eigenvalue weighted by atomic mass is 9.59. The van der Waals surface area contributed by atoms with E-state index >= 15 is 0 Å². The fourth-order valence-corrected chi connectivity index (χ4v) is 19.2. The molecule has 11 rings (SSSR count). The molecule has 2 heterocycles. The van der Waals surface area contributed by atoms with Crippen molar-refractivity contribution in [1.29, 1.82) is 0 Å². The predicted octanol–water partition coefficient (Wildman–Crippen LogP) is 12.8. The number of rotatable bonds is 4. The van der Waals surface area contributed by atoms with Crippen molar-refractivity contribution in [2.75, 3.05) is 0 Å². The first kappa shape index (κ1) is 35.1. The first-order chi connectivity index (χ1) is 25.8. The number of fused-ring (bicyclic) bond motifs is 9. The number of likely N-dealkylation sites (tertiary alicyclic amines) is 2. The second-order valence-corrected chi connectivity index (χ2v) is 22.6. The second-order valence-electron chi connectivity index (χ2n) is 22.6. The molecule has 2 nitrogen and oxygen atoms in total. The fraction of sp³-hybridized carbons (Fsp3) is 1.00. The van der Waals surface area contributed by atoms with Crippen molar-refractivity contribution in [2.45, 2.75) is 242 Å². The van der Waals surface area contributed by atoms with Gasteiger partial charge in [-0.05, 0) is 161 Å². The minimum absolute atomic E-state index is 0.938. The van der Waals surface area contributed by atoms with Crippen LogP contribution in [0.1, 0.15) is 205 Å². The van der Waals surface area contributed by atoms with E-state index in [-0.39, 0.29) is 0 Å². The van der Waals surface area contributed by atoms with E-state index in [0.29, 0.717) is 0 Å². The SMILES string of the molecule is C1CCC(C2CCC3C4C5C6CCCCC6N(C6CCC7CCCCC7C6)C5CCC4N(C4CCCC(C5CCCC6CCCCC65)C4)C3C2)CC1. The number of nitrogens with zero attached hydrogens (tertiary/aromatic N) is 2. The molecule has 2 saturated heterocycles. The standard InChI is InChI=1S/C50H82N2/c1-2-12-33(13-3-1)37-25-27-44-48(32-37)52(39-19-10-18-38(31-39)42-22-11-17-35-15-6-7-20-41(35)42)47-29-28-46-49(50(44)47)43-21-8-9-23-45(43)51(46)40-26-24-34-14-4-5-16-36(34)30-40/h33-50H,1-32H2. The Morgan fingerprint density at radius 2 is 0.712 bits per heavy atom. The zero-order chi connectivity index (χ0) is 34.2. The molecule has 11 fully saturated rings. The topological polar surface area (TPSA) is 6.48 Å². The van der Waals surface area contributed by atoms with Crippen LogP contribution in [0.15, 0.2) is 0 Å². The van der Waals surface area contributed by atoms with Crippen molar-refractivity contribution in [2.24, 2.45) is 71.0 Å². The molecule has 0 radical (unpaired) electrons. The van der Waals surface area contributed by atoms with E-state index in [1.54, 1.807) is 186 Å². The lowest BCUT2D eigenvalue weighted by Crippen LogP contribution is -2.54. The van der Waals surface area contributed by atoms with Crippen LogP contribution in [0.3, 0.4) is 0 Å². The van der Waals surface area contributed by atoms with Gasteiger partial charge in [0.15, 0.2) is 0 Å². The zero-order valence-corrected chi connectivity index (χ0v) is 33.9. The van der Waals surface area contributed by atoms with Gasteiger partial charge < -0.3 is 0 Å². The summed E-state index contributed by atoms with van der Waals surface area (Å²) >= 11 is 0. The maximum atomic E-state index is 3.52. The lowest BCUT2D eigenvalue weighted by molar-refractivity contribution is -0.0128. The van der Waals surface area contributed by atoms with E-state index in [9.17, 15) is 0 Å². The molecule has 0 aromatic heterocycles. The van der Waals surface area contributed by atoms with E-state index < -0.39 is 0 Å². The van der Waals surface area contributed by atoms with Gasteiger partial charge in [0.1, 0.15) is 0 Å². The molecular formula is C50H82N2. The highest BCUT2D eigenvalue weighted by molar-refractivity contribution is 5.17. The van der Waals surface area contributed by atoms with Crippen molar-refractivity contribution >= 4 is 0 Å². The highest BCUT2D eigenvalue weighted by Gasteiger charge is 2.64. The van der Waals surface area contributed by atoms with Gasteiger partial charge in [-0.3, -0.25) is 9.80 Å². The zero-order valence-electron chi connectivity index (χ0n) is 33.9. The molecule has 2 heteroatoms. The van der Waals surface area contributed by atoms with Crippen LogP contribution in [0.25, 0.3) is 0 Å². The Morgan fingerprint density at radius 3 is 1.54 bits per heavy atom. The molecule has 0 amide bonds. The Morgan fingerprint density at radius 1 is 0.231 bits per heavy atom. The molecule has 17 unspecified atom stereocenters. The van der Waals surface area contributed by atoms with Crippen LogP contribution in [0, 0.1) is 71.0 Å². The van der Waals surface area contributed by atoms with E-state index in [1.807, 2.05) is 0 Å². The van der Waals surface area contributed by atoms with E-state index in [0.717, 1.165) is 107 Å². The number of hydrogen-bond acceptors (Lipinski definition) is 2. The highest BCUT2D eigenvalue weighted by Crippen LogP contribution is 2.63. The highest BCUT2D eigenvalue weighted by atomic mass is 15.3. The summed E-state index contributed by atoms with van der Waals surface area (Å²) < 4.78 is 0. The van der Waals surface area contributed by atoms with Gasteiger partial charge in [0.2, 0.25) is 0 Å². The summed E-state index contributed by atoms with van der Waals surface area (Å²) in [6, 6.07) is 5.72. The second kappa shape index (κ2) is 15.0. The lowest BCUT2D eigenvalue weighted by Gasteiger charge is -2.51. The summed E-state index contributed by atoms with van der Waals surface area (Å²) in [6.45, 7) is 0. The Balaban J connectivity index is 0.893. The number of hydrogen-bond donors (Lipinski definition) is 0. The average molecular weight is 711 g/mol. The van der Waals surface area contributed by atoms with E-state index in [2.05, 4.69) is 9.80 Å². The quantitative estimate of drug-likeness (QED) is 0.287. The molecule has 0 N–H and O–H groups in total. The molecule has 9 saturated carbocycles. The summed E-state index contributed by atoms with van der Waals surface area (Å²) in [5.41, 5.74) is 0. The van der Waals surface area contributed by atoms with Crippen LogP contribution >= 0.6 is 0 Å². The van der Waals surface area contributed by atoms with Crippen molar-refractivity contribution < 1.29 is 0 Å². The van der Waals surface area contributed by atoms with Crippen LogP contribution in [-0.4, -0.2) is 46.1 Å². The molecule has 0 bridgehead atoms. The smallest absolute Gasteiger partial charge is 0.0137 e. The Labute approximate surface area is 321 Å². The van der Waals surface area contributed by atoms with Gasteiger partial charge in [-0.25, -0.2) is 0 Å². The molecule has 292 valence electrons. The third-order valence-corrected chi connectivity index (χ3v) is 20.9. The van der Waals surface area contributed by atoms with Crippen molar-refractivity contribution in [1.82, 2.24) is 9.80 Å². The van der Waals surface area contributed by atoms with Crippen LogP contribution < -0.4 is 0 Å². The van der Waals surface area contributed by atoms with Crippen LogP contribution in [0.2, 0.25) is 0 Å². The van der Waals surface area contributed by atoms with Gasteiger partial charge >= 0.3 is 0 Å². The maximum absolute atomic E-state index is 3.52. The van der Waals surface area contributed by atoms with E-state index in [4.69, 9.17) is 0 Å². The summed E-state index contributed by atoms with van der Waals surface area (Å²) in [5.74, 6) is 12.9. The average Bonchev–Trinajstić information content (AvgIpc) is 3.73. The van der Waals surface area contributed by atoms with Gasteiger partial charge in [0, 0.05) is 36.3 Å². The Kier molecular flexibility index (Phi) is 10.1. The molecule has 52 heavy (non-hydrogen) atoms. The fourth-order valence-electron chi connectivity index (χ4n) is 19.2. The monoisotopic (exact) mass is 711 g/mol. The van der Waals surface area contributed by atoms with Crippen LogP contribution in [0.5, 0.6) is 0 Å². The largest absolute Gasteiger partial charge is 0.294 e. The van der Waals surface area contributed by atoms with Gasteiger partial charge in [0.25, 0.3) is 0 Å². The Hall–Kier alpha value is -0.0800. The maximum Gasteiger partial charge on any atom is 0.0137 e.